The Hall–Kier alpha value is -0.380. The molecule has 1 aromatic rings. The van der Waals surface area contributed by atoms with Crippen LogP contribution in [-0.2, 0) is 17.3 Å². The molecule has 0 saturated heterocycles. The van der Waals surface area contributed by atoms with E-state index in [0.29, 0.717) is 0 Å². The predicted molar refractivity (Wildman–Crippen MR) is 80.8 cm³/mol. The van der Waals surface area contributed by atoms with Gasteiger partial charge in [0.2, 0.25) is 0 Å². The van der Waals surface area contributed by atoms with Crippen LogP contribution < -0.4 is 5.32 Å². The summed E-state index contributed by atoms with van der Waals surface area (Å²) in [5, 5.41) is 4.46. The summed E-state index contributed by atoms with van der Waals surface area (Å²) in [6.45, 7) is 7.93. The summed E-state index contributed by atoms with van der Waals surface area (Å²) < 4.78 is 11.2. The van der Waals surface area contributed by atoms with E-state index < -0.39 is 10.8 Å². The molecule has 0 aliphatic carbocycles. The molecule has 1 rings (SSSR count). The SMILES string of the molecule is Cc1cc(Cl)cc(C)c1CNCC[C@@H](C)[S@@](C)=O. The fourth-order valence-electron chi connectivity index (χ4n) is 1.90. The zero-order valence-corrected chi connectivity index (χ0v) is 13.1. The van der Waals surface area contributed by atoms with Gasteiger partial charge in [0.05, 0.1) is 0 Å². The van der Waals surface area contributed by atoms with Crippen LogP contribution in [-0.4, -0.2) is 22.3 Å². The van der Waals surface area contributed by atoms with Gasteiger partial charge in [-0.25, -0.2) is 0 Å². The molecule has 4 heteroatoms. The van der Waals surface area contributed by atoms with Gasteiger partial charge in [-0.3, -0.25) is 4.21 Å². The van der Waals surface area contributed by atoms with E-state index in [-0.39, 0.29) is 5.25 Å². The van der Waals surface area contributed by atoms with E-state index in [9.17, 15) is 4.21 Å². The van der Waals surface area contributed by atoms with Crippen LogP contribution in [0.2, 0.25) is 5.02 Å². The van der Waals surface area contributed by atoms with Crippen LogP contribution in [0.3, 0.4) is 0 Å². The summed E-state index contributed by atoms with van der Waals surface area (Å²) in [4.78, 5) is 0. The van der Waals surface area contributed by atoms with Crippen molar-refractivity contribution >= 4 is 22.4 Å². The van der Waals surface area contributed by atoms with E-state index >= 15 is 0 Å². The number of rotatable bonds is 6. The molecule has 2 atom stereocenters. The maximum atomic E-state index is 11.2. The topological polar surface area (TPSA) is 29.1 Å². The molecule has 1 N–H and O–H groups in total. The smallest absolute Gasteiger partial charge is 0.0411 e. The fraction of sp³-hybridized carbons (Fsp3) is 0.571. The minimum atomic E-state index is -0.728. The first-order valence-electron chi connectivity index (χ1n) is 6.20. The summed E-state index contributed by atoms with van der Waals surface area (Å²) in [7, 11) is -0.728. The molecular weight excluding hydrogens is 266 g/mol. The van der Waals surface area contributed by atoms with Crippen LogP contribution in [0.25, 0.3) is 0 Å². The Labute approximate surface area is 118 Å². The highest BCUT2D eigenvalue weighted by atomic mass is 35.5. The van der Waals surface area contributed by atoms with E-state index in [4.69, 9.17) is 11.6 Å². The Morgan fingerprint density at radius 1 is 1.33 bits per heavy atom. The van der Waals surface area contributed by atoms with Crippen molar-refractivity contribution in [3.63, 3.8) is 0 Å². The minimum Gasteiger partial charge on any atom is -0.313 e. The highest BCUT2D eigenvalue weighted by Crippen LogP contribution is 2.19. The maximum Gasteiger partial charge on any atom is 0.0411 e. The monoisotopic (exact) mass is 287 g/mol. The van der Waals surface area contributed by atoms with Crippen molar-refractivity contribution in [3.05, 3.63) is 33.8 Å². The molecule has 1 aromatic carbocycles. The number of hydrogen-bond donors (Lipinski definition) is 1. The van der Waals surface area contributed by atoms with Crippen LogP contribution in [0, 0.1) is 13.8 Å². The molecule has 0 bridgehead atoms. The van der Waals surface area contributed by atoms with Crippen LogP contribution >= 0.6 is 11.6 Å². The van der Waals surface area contributed by atoms with Gasteiger partial charge >= 0.3 is 0 Å². The number of nitrogens with one attached hydrogen (secondary N) is 1. The molecule has 2 nitrogen and oxygen atoms in total. The highest BCUT2D eigenvalue weighted by molar-refractivity contribution is 7.84. The largest absolute Gasteiger partial charge is 0.313 e. The third-order valence-electron chi connectivity index (χ3n) is 3.26. The third-order valence-corrected chi connectivity index (χ3v) is 4.84. The molecule has 0 aromatic heterocycles. The molecule has 0 saturated carbocycles. The molecular formula is C14H22ClNOS. The van der Waals surface area contributed by atoms with Crippen molar-refractivity contribution in [2.24, 2.45) is 0 Å². The number of aryl methyl sites for hydroxylation is 2. The van der Waals surface area contributed by atoms with Gasteiger partial charge in [0.1, 0.15) is 0 Å². The number of benzene rings is 1. The van der Waals surface area contributed by atoms with Crippen molar-refractivity contribution in [3.8, 4) is 0 Å². The number of hydrogen-bond acceptors (Lipinski definition) is 2. The molecule has 0 unspecified atom stereocenters. The minimum absolute atomic E-state index is 0.255. The summed E-state index contributed by atoms with van der Waals surface area (Å²) in [5.41, 5.74) is 3.75. The molecule has 0 aliphatic rings. The van der Waals surface area contributed by atoms with Gasteiger partial charge in [-0.2, -0.15) is 0 Å². The zero-order valence-electron chi connectivity index (χ0n) is 11.5. The maximum absolute atomic E-state index is 11.2. The van der Waals surface area contributed by atoms with E-state index in [1.165, 1.54) is 16.7 Å². The third kappa shape index (κ3) is 4.71. The van der Waals surface area contributed by atoms with Crippen LogP contribution in [0.15, 0.2) is 12.1 Å². The first-order valence-corrected chi connectivity index (χ1v) is 8.20. The molecule has 0 fully saturated rings. The molecule has 0 radical (unpaired) electrons. The van der Waals surface area contributed by atoms with Gasteiger partial charge in [-0.05, 0) is 55.6 Å². The summed E-state index contributed by atoms with van der Waals surface area (Å²) in [6.07, 6.45) is 2.70. The second kappa shape index (κ2) is 7.27. The molecule has 0 amide bonds. The summed E-state index contributed by atoms with van der Waals surface area (Å²) in [5.74, 6) is 0. The van der Waals surface area contributed by atoms with Crippen molar-refractivity contribution in [1.29, 1.82) is 0 Å². The highest BCUT2D eigenvalue weighted by Gasteiger charge is 2.07. The molecule has 0 aliphatic heterocycles. The second-order valence-corrected chi connectivity index (χ2v) is 7.03. The van der Waals surface area contributed by atoms with E-state index in [1.54, 1.807) is 6.26 Å². The van der Waals surface area contributed by atoms with Gasteiger partial charge in [-0.15, -0.1) is 0 Å². The average molecular weight is 288 g/mol. The van der Waals surface area contributed by atoms with Crippen LogP contribution in [0.5, 0.6) is 0 Å². The Balaban J connectivity index is 2.47. The second-order valence-electron chi connectivity index (χ2n) is 4.79. The van der Waals surface area contributed by atoms with E-state index in [2.05, 4.69) is 19.2 Å². The Morgan fingerprint density at radius 2 is 1.89 bits per heavy atom. The Bertz CT molecular complexity index is 411. The normalized spacial score (nSPS) is 14.5. The van der Waals surface area contributed by atoms with Crippen molar-refractivity contribution in [2.45, 2.75) is 39.0 Å². The van der Waals surface area contributed by atoms with Gasteiger partial charge in [0, 0.05) is 33.9 Å². The molecule has 18 heavy (non-hydrogen) atoms. The van der Waals surface area contributed by atoms with Crippen molar-refractivity contribution in [2.75, 3.05) is 12.8 Å². The van der Waals surface area contributed by atoms with Crippen LogP contribution in [0.4, 0.5) is 0 Å². The van der Waals surface area contributed by atoms with Gasteiger partial charge < -0.3 is 5.32 Å². The first kappa shape index (κ1) is 15.7. The lowest BCUT2D eigenvalue weighted by molar-refractivity contribution is 0.627. The van der Waals surface area contributed by atoms with Crippen molar-refractivity contribution < 1.29 is 4.21 Å². The lowest BCUT2D eigenvalue weighted by Crippen LogP contribution is -2.21. The quantitative estimate of drug-likeness (QED) is 0.814. The predicted octanol–water partition coefficient (Wildman–Crippen LogP) is 3.20. The Kier molecular flexibility index (Phi) is 6.33. The van der Waals surface area contributed by atoms with Gasteiger partial charge in [0.25, 0.3) is 0 Å². The van der Waals surface area contributed by atoms with Crippen molar-refractivity contribution in [1.82, 2.24) is 5.32 Å². The van der Waals surface area contributed by atoms with Gasteiger partial charge in [0.15, 0.2) is 0 Å². The lowest BCUT2D eigenvalue weighted by Gasteiger charge is -2.13. The summed E-state index contributed by atoms with van der Waals surface area (Å²) >= 11 is 6.01. The standard InChI is InChI=1S/C14H22ClNOS/c1-10-7-13(15)8-11(2)14(10)9-16-6-5-12(3)18(4)17/h7-8,12,16H,5-6,9H2,1-4H3/t12-,18-/m1/s1. The van der Waals surface area contributed by atoms with E-state index in [0.717, 1.165) is 24.5 Å². The fourth-order valence-corrected chi connectivity index (χ4v) is 2.68. The zero-order chi connectivity index (χ0) is 13.7. The first-order chi connectivity index (χ1) is 8.41. The van der Waals surface area contributed by atoms with Crippen LogP contribution in [0.1, 0.15) is 30.0 Å². The van der Waals surface area contributed by atoms with E-state index in [1.807, 2.05) is 19.1 Å². The summed E-state index contributed by atoms with van der Waals surface area (Å²) in [6, 6.07) is 3.99. The number of halogens is 1. The molecule has 0 spiro atoms. The molecule has 0 heterocycles. The average Bonchev–Trinajstić information content (AvgIpc) is 2.26. The lowest BCUT2D eigenvalue weighted by atomic mass is 10.0. The Morgan fingerprint density at radius 3 is 2.39 bits per heavy atom. The van der Waals surface area contributed by atoms with Gasteiger partial charge in [-0.1, -0.05) is 18.5 Å². The molecule has 102 valence electrons.